The van der Waals surface area contributed by atoms with Crippen LogP contribution in [0.25, 0.3) is 0 Å². The number of benzene rings is 2. The highest BCUT2D eigenvalue weighted by atomic mass is 19.4. The van der Waals surface area contributed by atoms with E-state index >= 15 is 0 Å². The molecule has 2 aliphatic rings. The highest BCUT2D eigenvalue weighted by Gasteiger charge is 2.31. The van der Waals surface area contributed by atoms with Crippen molar-refractivity contribution in [3.05, 3.63) is 132 Å². The monoisotopic (exact) mass is 940 g/mol. The minimum atomic E-state index is -4.41. The molecule has 0 amide bonds. The van der Waals surface area contributed by atoms with Gasteiger partial charge in [0.05, 0.1) is 59.2 Å². The van der Waals surface area contributed by atoms with Gasteiger partial charge in [0, 0.05) is 24.5 Å². The fourth-order valence-electron chi connectivity index (χ4n) is 5.37. The molecule has 4 heterocycles. The van der Waals surface area contributed by atoms with Crippen molar-refractivity contribution in [1.82, 2.24) is 29.9 Å². The molecule has 356 valence electrons. The van der Waals surface area contributed by atoms with Gasteiger partial charge in [0.25, 0.3) is 0 Å². The summed E-state index contributed by atoms with van der Waals surface area (Å²) in [5.74, 6) is 6.02. The Morgan fingerprint density at radius 1 is 0.612 bits per heavy atom. The number of carbonyl (C=O) groups excluding carboxylic acids is 1. The van der Waals surface area contributed by atoms with Crippen molar-refractivity contribution < 1.29 is 39.9 Å². The molecule has 0 aliphatic heterocycles. The van der Waals surface area contributed by atoms with Gasteiger partial charge in [-0.1, -0.05) is 27.0 Å². The summed E-state index contributed by atoms with van der Waals surface area (Å²) in [6, 6.07) is 16.1. The van der Waals surface area contributed by atoms with Gasteiger partial charge in [-0.2, -0.15) is 41.4 Å². The van der Waals surface area contributed by atoms with Crippen LogP contribution in [0, 0.1) is 23.5 Å². The number of nitrogen functional groups attached to an aromatic ring is 1. The lowest BCUT2D eigenvalue weighted by Crippen LogP contribution is -2.13. The van der Waals surface area contributed by atoms with E-state index in [-0.39, 0.29) is 44.1 Å². The number of alkyl halides is 6. The van der Waals surface area contributed by atoms with Gasteiger partial charge in [0.2, 0.25) is 11.9 Å². The van der Waals surface area contributed by atoms with E-state index < -0.39 is 35.1 Å². The number of hydrogen-bond acceptors (Lipinski definition) is 15. The fraction of sp³-hybridized carbons (Fsp3) is 0.273. The maximum absolute atomic E-state index is 13.8. The van der Waals surface area contributed by atoms with Crippen LogP contribution in [0.1, 0.15) is 67.8 Å². The van der Waals surface area contributed by atoms with Crippen molar-refractivity contribution in [1.29, 1.82) is 0 Å². The largest absolute Gasteiger partial charge is 0.416 e. The van der Waals surface area contributed by atoms with Crippen LogP contribution in [0.4, 0.5) is 81.4 Å². The molecule has 2 aromatic carbocycles. The molecule has 2 aliphatic carbocycles. The zero-order chi connectivity index (χ0) is 46.4. The molecule has 2 saturated carbocycles. The number of hydrazone groups is 1. The van der Waals surface area contributed by atoms with Crippen molar-refractivity contribution in [3.63, 3.8) is 0 Å². The molecule has 4 aromatic heterocycles. The van der Waals surface area contributed by atoms with Crippen LogP contribution in [0.15, 0.2) is 103 Å². The maximum Gasteiger partial charge on any atom is 0.416 e. The number of anilines is 8. The molecule has 8 rings (SSSR count). The normalized spacial score (nSPS) is 13.0. The topological polar surface area (TPSA) is 205 Å². The van der Waals surface area contributed by atoms with E-state index in [2.05, 4.69) is 67.1 Å². The fourth-order valence-corrected chi connectivity index (χ4v) is 5.37. The first-order chi connectivity index (χ1) is 31.1. The van der Waals surface area contributed by atoms with Crippen molar-refractivity contribution in [2.24, 2.45) is 22.8 Å². The standard InChI is InChI=1S/C21H19F4N7.C13H9F3N2O.C8H12FN5.2CH4/c22-18-12-28-20(31-19(18)27-9-13-4-5-13)32-29-11-16-6-7-17(10-26-16)30-15-3-1-2-14(8-15)21(23,24)25;14-13(15,16)9-2-1-3-10(6-9)18-11-4-5-12(8-19)17-7-11;9-6-4-12-8(14-10)13-7(6)11-3-5-1-2-5;;/h1-3,6-8,10-13,30H,4-5,9H2,(H2,27,28,31,32);1-8,18H;4-5H,1-3,10H2,(H2,11,12,13,14);2*1H4/b29-11+;;;;. The summed E-state index contributed by atoms with van der Waals surface area (Å²) >= 11 is 0. The lowest BCUT2D eigenvalue weighted by atomic mass is 10.2. The van der Waals surface area contributed by atoms with Crippen molar-refractivity contribution in [3.8, 4) is 0 Å². The van der Waals surface area contributed by atoms with E-state index in [1.807, 2.05) is 0 Å². The highest BCUT2D eigenvalue weighted by molar-refractivity contribution is 5.78. The maximum atomic E-state index is 13.8. The molecular formula is C44H48F8N14O. The Morgan fingerprint density at radius 3 is 1.49 bits per heavy atom. The Balaban J connectivity index is 0.000000238. The predicted octanol–water partition coefficient (Wildman–Crippen LogP) is 10.7. The first-order valence-electron chi connectivity index (χ1n) is 19.7. The van der Waals surface area contributed by atoms with E-state index in [9.17, 15) is 39.9 Å². The Hall–Kier alpha value is -7.56. The third kappa shape index (κ3) is 17.1. The van der Waals surface area contributed by atoms with E-state index in [1.54, 1.807) is 18.2 Å². The van der Waals surface area contributed by atoms with E-state index in [0.29, 0.717) is 53.1 Å². The SMILES string of the molecule is C.C.Fc1cnc(N/N=C/c2ccc(Nc3cccc(C(F)(F)F)c3)cn2)nc1NCC1CC1.NNc1ncc(F)c(NCC2CC2)n1.O=Cc1ccc(Nc2cccc(C(F)(F)F)c2)cn1. The molecule has 0 unspecified atom stereocenters. The number of aromatic nitrogens is 6. The van der Waals surface area contributed by atoms with Gasteiger partial charge in [0.1, 0.15) is 5.69 Å². The number of carbonyl (C=O) groups is 1. The molecule has 67 heavy (non-hydrogen) atoms. The van der Waals surface area contributed by atoms with Crippen molar-refractivity contribution >= 4 is 58.8 Å². The van der Waals surface area contributed by atoms with Crippen LogP contribution in [0.5, 0.6) is 0 Å². The number of halogens is 8. The second kappa shape index (κ2) is 24.1. The first-order valence-corrected chi connectivity index (χ1v) is 19.7. The van der Waals surface area contributed by atoms with Gasteiger partial charge in [-0.05, 0) is 98.2 Å². The highest BCUT2D eigenvalue weighted by Crippen LogP contribution is 2.33. The van der Waals surface area contributed by atoms with Crippen LogP contribution in [-0.2, 0) is 12.4 Å². The van der Waals surface area contributed by atoms with Crippen LogP contribution >= 0.6 is 0 Å². The average molecular weight is 941 g/mol. The molecular weight excluding hydrogens is 893 g/mol. The third-order valence-corrected chi connectivity index (χ3v) is 9.14. The summed E-state index contributed by atoms with van der Waals surface area (Å²) in [6.07, 6.45) is 2.91. The summed E-state index contributed by atoms with van der Waals surface area (Å²) in [4.78, 5) is 33.8. The number of nitrogens with two attached hydrogens (primary N) is 1. The van der Waals surface area contributed by atoms with Crippen LogP contribution < -0.4 is 38.0 Å². The van der Waals surface area contributed by atoms with E-state index in [0.717, 1.165) is 56.0 Å². The van der Waals surface area contributed by atoms with Gasteiger partial charge in [-0.25, -0.2) is 30.0 Å². The number of aldehydes is 1. The van der Waals surface area contributed by atoms with Gasteiger partial charge >= 0.3 is 12.4 Å². The lowest BCUT2D eigenvalue weighted by molar-refractivity contribution is -0.138. The third-order valence-electron chi connectivity index (χ3n) is 9.14. The Kier molecular flexibility index (Phi) is 18.7. The number of rotatable bonds is 15. The lowest BCUT2D eigenvalue weighted by Gasteiger charge is -2.10. The summed E-state index contributed by atoms with van der Waals surface area (Å²) in [5, 5.41) is 15.5. The van der Waals surface area contributed by atoms with Crippen LogP contribution in [-0.4, -0.2) is 55.5 Å². The number of pyridine rings is 2. The van der Waals surface area contributed by atoms with E-state index in [4.69, 9.17) is 5.84 Å². The first kappa shape index (κ1) is 52.1. The van der Waals surface area contributed by atoms with Gasteiger partial charge in [-0.3, -0.25) is 20.2 Å². The number of nitrogens with one attached hydrogen (secondary N) is 6. The number of hydrogen-bond donors (Lipinski definition) is 7. The summed E-state index contributed by atoms with van der Waals surface area (Å²) < 4.78 is 103. The quantitative estimate of drug-likeness (QED) is 0.0168. The average Bonchev–Trinajstić information content (AvgIpc) is 4.24. The van der Waals surface area contributed by atoms with Crippen molar-refractivity contribution in [2.75, 3.05) is 45.2 Å². The molecule has 0 saturated heterocycles. The summed E-state index contributed by atoms with van der Waals surface area (Å²) in [7, 11) is 0. The predicted molar refractivity (Wildman–Crippen MR) is 242 cm³/mol. The number of nitrogens with zero attached hydrogens (tertiary/aromatic N) is 7. The van der Waals surface area contributed by atoms with Crippen molar-refractivity contribution in [2.45, 2.75) is 52.9 Å². The molecule has 2 fully saturated rings. The molecule has 0 spiro atoms. The second-order valence-electron chi connectivity index (χ2n) is 14.4. The zero-order valence-corrected chi connectivity index (χ0v) is 33.9. The summed E-state index contributed by atoms with van der Waals surface area (Å²) in [5.41, 5.74) is 5.79. The number of hydrazine groups is 1. The smallest absolute Gasteiger partial charge is 0.367 e. The second-order valence-corrected chi connectivity index (χ2v) is 14.4. The van der Waals surface area contributed by atoms with Gasteiger partial charge in [-0.15, -0.1) is 0 Å². The molecule has 23 heteroatoms. The minimum absolute atomic E-state index is 0. The molecule has 6 aromatic rings. The zero-order valence-electron chi connectivity index (χ0n) is 33.9. The molecule has 0 bridgehead atoms. The Morgan fingerprint density at radius 2 is 1.07 bits per heavy atom. The van der Waals surface area contributed by atoms with Crippen LogP contribution in [0.2, 0.25) is 0 Å². The molecule has 0 radical (unpaired) electrons. The molecule has 0 atom stereocenters. The van der Waals surface area contributed by atoms with Crippen LogP contribution in [0.3, 0.4) is 0 Å². The molecule has 15 nitrogen and oxygen atoms in total. The molecule has 8 N–H and O–H groups in total. The van der Waals surface area contributed by atoms with E-state index in [1.165, 1.54) is 61.8 Å². The van der Waals surface area contributed by atoms with Gasteiger partial charge < -0.3 is 21.3 Å². The summed E-state index contributed by atoms with van der Waals surface area (Å²) in [6.45, 7) is 1.43. The Labute approximate surface area is 380 Å². The minimum Gasteiger partial charge on any atom is -0.367 e. The van der Waals surface area contributed by atoms with Gasteiger partial charge in [0.15, 0.2) is 29.6 Å². The Bertz CT molecular complexity index is 2520.